The Labute approximate surface area is 121 Å². The van der Waals surface area contributed by atoms with E-state index < -0.39 is 0 Å². The first-order chi connectivity index (χ1) is 9.56. The van der Waals surface area contributed by atoms with Crippen molar-refractivity contribution in [2.75, 3.05) is 60.2 Å². The van der Waals surface area contributed by atoms with Crippen molar-refractivity contribution < 1.29 is 19.0 Å². The first kappa shape index (κ1) is 17.4. The van der Waals surface area contributed by atoms with E-state index in [2.05, 4.69) is 4.90 Å². The molecule has 0 saturated carbocycles. The molecule has 0 aromatic rings. The molecule has 1 heterocycles. The molecule has 2 atom stereocenters. The van der Waals surface area contributed by atoms with E-state index in [1.165, 1.54) is 0 Å². The quantitative estimate of drug-likeness (QED) is 0.639. The van der Waals surface area contributed by atoms with E-state index in [1.807, 2.05) is 18.7 Å². The summed E-state index contributed by atoms with van der Waals surface area (Å²) in [5.74, 6) is 0.152. The fourth-order valence-corrected chi connectivity index (χ4v) is 2.38. The van der Waals surface area contributed by atoms with Crippen LogP contribution in [-0.4, -0.2) is 88.1 Å². The van der Waals surface area contributed by atoms with Crippen molar-refractivity contribution >= 4 is 5.91 Å². The predicted molar refractivity (Wildman–Crippen MR) is 76.8 cm³/mol. The smallest absolute Gasteiger partial charge is 0.236 e. The first-order valence-electron chi connectivity index (χ1n) is 7.20. The number of morpholine rings is 1. The van der Waals surface area contributed by atoms with Gasteiger partial charge in [-0.3, -0.25) is 9.69 Å². The number of hydrogen-bond donors (Lipinski definition) is 0. The molecule has 0 aromatic carbocycles. The van der Waals surface area contributed by atoms with Gasteiger partial charge in [-0.2, -0.15) is 0 Å². The van der Waals surface area contributed by atoms with Gasteiger partial charge >= 0.3 is 0 Å². The van der Waals surface area contributed by atoms with E-state index in [1.54, 1.807) is 14.2 Å². The summed E-state index contributed by atoms with van der Waals surface area (Å²) in [4.78, 5) is 16.3. The molecule has 6 nitrogen and oxygen atoms in total. The van der Waals surface area contributed by atoms with Gasteiger partial charge in [0.1, 0.15) is 0 Å². The standard InChI is InChI=1S/C14H28N2O4/c1-12-9-16(10-13(2)20-12)14(17)11-15(5-7-18-3)6-8-19-4/h12-13H,5-11H2,1-4H3. The van der Waals surface area contributed by atoms with Crippen LogP contribution in [0.3, 0.4) is 0 Å². The second-order valence-electron chi connectivity index (χ2n) is 5.32. The lowest BCUT2D eigenvalue weighted by molar-refractivity contribution is -0.144. The van der Waals surface area contributed by atoms with Crippen molar-refractivity contribution in [3.8, 4) is 0 Å². The molecular weight excluding hydrogens is 260 g/mol. The zero-order chi connectivity index (χ0) is 15.0. The fraction of sp³-hybridized carbons (Fsp3) is 0.929. The van der Waals surface area contributed by atoms with Crippen LogP contribution in [0.5, 0.6) is 0 Å². The summed E-state index contributed by atoms with van der Waals surface area (Å²) in [7, 11) is 3.34. The van der Waals surface area contributed by atoms with Gasteiger partial charge in [0, 0.05) is 40.4 Å². The molecule has 1 rings (SSSR count). The van der Waals surface area contributed by atoms with Crippen LogP contribution in [0.4, 0.5) is 0 Å². The van der Waals surface area contributed by atoms with Gasteiger partial charge in [0.25, 0.3) is 0 Å². The summed E-state index contributed by atoms with van der Waals surface area (Å²) in [6.07, 6.45) is 0.211. The minimum absolute atomic E-state index is 0.106. The molecule has 20 heavy (non-hydrogen) atoms. The lowest BCUT2D eigenvalue weighted by Crippen LogP contribution is -2.51. The third kappa shape index (κ3) is 6.17. The topological polar surface area (TPSA) is 51.2 Å². The average molecular weight is 288 g/mol. The van der Waals surface area contributed by atoms with Gasteiger partial charge in [-0.05, 0) is 13.8 Å². The van der Waals surface area contributed by atoms with E-state index in [4.69, 9.17) is 14.2 Å². The van der Waals surface area contributed by atoms with E-state index in [-0.39, 0.29) is 18.1 Å². The van der Waals surface area contributed by atoms with Gasteiger partial charge in [0.05, 0.1) is 32.0 Å². The Morgan fingerprint density at radius 1 is 1.15 bits per heavy atom. The molecule has 0 aliphatic carbocycles. The third-order valence-electron chi connectivity index (χ3n) is 3.35. The molecule has 1 aliphatic rings. The molecule has 1 amide bonds. The Morgan fingerprint density at radius 3 is 2.10 bits per heavy atom. The molecule has 2 unspecified atom stereocenters. The van der Waals surface area contributed by atoms with Crippen molar-refractivity contribution in [2.24, 2.45) is 0 Å². The summed E-state index contributed by atoms with van der Waals surface area (Å²) in [6, 6.07) is 0. The van der Waals surface area contributed by atoms with Gasteiger partial charge in [-0.1, -0.05) is 0 Å². The molecule has 1 aliphatic heterocycles. The van der Waals surface area contributed by atoms with Crippen LogP contribution in [-0.2, 0) is 19.0 Å². The number of hydrogen-bond acceptors (Lipinski definition) is 5. The number of rotatable bonds is 8. The monoisotopic (exact) mass is 288 g/mol. The van der Waals surface area contributed by atoms with E-state index in [0.29, 0.717) is 32.8 Å². The zero-order valence-electron chi connectivity index (χ0n) is 13.1. The second-order valence-corrected chi connectivity index (χ2v) is 5.32. The Morgan fingerprint density at radius 2 is 1.65 bits per heavy atom. The summed E-state index contributed by atoms with van der Waals surface area (Å²) in [5, 5.41) is 0. The molecule has 0 bridgehead atoms. The maximum atomic E-state index is 12.4. The minimum Gasteiger partial charge on any atom is -0.383 e. The fourth-order valence-electron chi connectivity index (χ4n) is 2.38. The van der Waals surface area contributed by atoms with Crippen molar-refractivity contribution in [1.82, 2.24) is 9.80 Å². The maximum Gasteiger partial charge on any atom is 0.236 e. The molecular formula is C14H28N2O4. The summed E-state index contributed by atoms with van der Waals surface area (Å²) < 4.78 is 15.8. The number of nitrogens with zero attached hydrogens (tertiary/aromatic N) is 2. The normalized spacial score (nSPS) is 23.4. The number of carbonyl (C=O) groups excluding carboxylic acids is 1. The van der Waals surface area contributed by atoms with Gasteiger partial charge in [-0.15, -0.1) is 0 Å². The highest BCUT2D eigenvalue weighted by atomic mass is 16.5. The Kier molecular flexibility index (Phi) is 8.06. The third-order valence-corrected chi connectivity index (χ3v) is 3.35. The van der Waals surface area contributed by atoms with Crippen molar-refractivity contribution in [1.29, 1.82) is 0 Å². The van der Waals surface area contributed by atoms with Crippen molar-refractivity contribution in [3.05, 3.63) is 0 Å². The largest absolute Gasteiger partial charge is 0.383 e. The maximum absolute atomic E-state index is 12.4. The summed E-state index contributed by atoms with van der Waals surface area (Å²) in [6.45, 7) is 8.47. The van der Waals surface area contributed by atoms with Crippen LogP contribution in [0.1, 0.15) is 13.8 Å². The highest BCUT2D eigenvalue weighted by molar-refractivity contribution is 5.78. The molecule has 0 N–H and O–H groups in total. The Hall–Kier alpha value is -0.690. The minimum atomic E-state index is 0.106. The second kappa shape index (κ2) is 9.28. The highest BCUT2D eigenvalue weighted by Gasteiger charge is 2.26. The number of carbonyl (C=O) groups is 1. The van der Waals surface area contributed by atoms with E-state index >= 15 is 0 Å². The van der Waals surface area contributed by atoms with Crippen LogP contribution in [0.25, 0.3) is 0 Å². The van der Waals surface area contributed by atoms with Gasteiger partial charge in [0.15, 0.2) is 0 Å². The SMILES string of the molecule is COCCN(CCOC)CC(=O)N1CC(C)OC(C)C1. The van der Waals surface area contributed by atoms with Gasteiger partial charge in [0.2, 0.25) is 5.91 Å². The number of ether oxygens (including phenoxy) is 3. The van der Waals surface area contributed by atoms with E-state index in [9.17, 15) is 4.79 Å². The van der Waals surface area contributed by atoms with Crippen molar-refractivity contribution in [3.63, 3.8) is 0 Å². The molecule has 0 spiro atoms. The zero-order valence-corrected chi connectivity index (χ0v) is 13.1. The van der Waals surface area contributed by atoms with Gasteiger partial charge in [-0.25, -0.2) is 0 Å². The van der Waals surface area contributed by atoms with Crippen molar-refractivity contribution in [2.45, 2.75) is 26.1 Å². The van der Waals surface area contributed by atoms with Gasteiger partial charge < -0.3 is 19.1 Å². The average Bonchev–Trinajstić information content (AvgIpc) is 2.40. The molecule has 0 radical (unpaired) electrons. The lowest BCUT2D eigenvalue weighted by atomic mass is 10.2. The van der Waals surface area contributed by atoms with Crippen LogP contribution >= 0.6 is 0 Å². The van der Waals surface area contributed by atoms with Crippen LogP contribution in [0.2, 0.25) is 0 Å². The lowest BCUT2D eigenvalue weighted by Gasteiger charge is -2.36. The molecule has 6 heteroatoms. The molecule has 1 saturated heterocycles. The van der Waals surface area contributed by atoms with E-state index in [0.717, 1.165) is 13.1 Å². The van der Waals surface area contributed by atoms with Crippen LogP contribution < -0.4 is 0 Å². The first-order valence-corrected chi connectivity index (χ1v) is 7.20. The Balaban J connectivity index is 2.46. The summed E-state index contributed by atoms with van der Waals surface area (Å²) in [5.41, 5.74) is 0. The molecule has 118 valence electrons. The highest BCUT2D eigenvalue weighted by Crippen LogP contribution is 2.11. The summed E-state index contributed by atoms with van der Waals surface area (Å²) >= 11 is 0. The Bertz CT molecular complexity index is 270. The van der Waals surface area contributed by atoms with Crippen LogP contribution in [0.15, 0.2) is 0 Å². The number of amides is 1. The molecule has 1 fully saturated rings. The van der Waals surface area contributed by atoms with Crippen LogP contribution in [0, 0.1) is 0 Å². The predicted octanol–water partition coefficient (Wildman–Crippen LogP) is 0.217. The molecule has 0 aromatic heterocycles. The number of methoxy groups -OCH3 is 2.